The fourth-order valence-corrected chi connectivity index (χ4v) is 4.83. The molecule has 6 nitrogen and oxygen atoms in total. The van der Waals surface area contributed by atoms with Crippen molar-refractivity contribution in [2.24, 2.45) is 4.99 Å². The van der Waals surface area contributed by atoms with Crippen molar-refractivity contribution in [1.82, 2.24) is 4.90 Å². The second kappa shape index (κ2) is 10.5. The Morgan fingerprint density at radius 1 is 1.23 bits per heavy atom. The molecule has 2 aromatic rings. The topological polar surface area (TPSA) is 71.0 Å². The molecular formula is C22H25N3O3S2. The number of carbonyl (C=O) groups is 2. The Hall–Kier alpha value is -2.45. The van der Waals surface area contributed by atoms with E-state index in [0.717, 1.165) is 22.0 Å². The van der Waals surface area contributed by atoms with Crippen LogP contribution in [-0.4, -0.2) is 46.0 Å². The molecule has 8 heteroatoms. The summed E-state index contributed by atoms with van der Waals surface area (Å²) in [5.41, 5.74) is 1.47. The van der Waals surface area contributed by atoms with Crippen LogP contribution in [0.25, 0.3) is 0 Å². The number of amidine groups is 1. The van der Waals surface area contributed by atoms with Crippen LogP contribution in [0.4, 0.5) is 11.4 Å². The number of nitrogens with zero attached hydrogens (tertiary/aromatic N) is 2. The van der Waals surface area contributed by atoms with E-state index in [1.54, 1.807) is 16.7 Å². The maximum Gasteiger partial charge on any atom is 0.239 e. The third-order valence-electron chi connectivity index (χ3n) is 4.29. The SMILES string of the molecule is CCOc1ccccc1N=C1SCC(C)N1C(=O)CSc1ccc(NC(C)=O)cc1. The Balaban J connectivity index is 1.68. The highest BCUT2D eigenvalue weighted by molar-refractivity contribution is 8.14. The molecule has 1 aliphatic rings. The highest BCUT2D eigenvalue weighted by Crippen LogP contribution is 2.33. The summed E-state index contributed by atoms with van der Waals surface area (Å²) in [4.78, 5) is 31.6. The third kappa shape index (κ3) is 5.79. The molecule has 0 bridgehead atoms. The predicted octanol–water partition coefficient (Wildman–Crippen LogP) is 4.79. The lowest BCUT2D eigenvalue weighted by molar-refractivity contribution is -0.125. The van der Waals surface area contributed by atoms with Gasteiger partial charge >= 0.3 is 0 Å². The first-order chi connectivity index (χ1) is 14.5. The van der Waals surface area contributed by atoms with Crippen LogP contribution >= 0.6 is 23.5 Å². The molecule has 0 saturated carbocycles. The number of benzene rings is 2. The van der Waals surface area contributed by atoms with Gasteiger partial charge < -0.3 is 10.1 Å². The Kier molecular flexibility index (Phi) is 7.81. The third-order valence-corrected chi connectivity index (χ3v) is 6.48. The van der Waals surface area contributed by atoms with Crippen molar-refractivity contribution >= 4 is 51.9 Å². The lowest BCUT2D eigenvalue weighted by Gasteiger charge is -2.21. The zero-order valence-corrected chi connectivity index (χ0v) is 18.9. The molecule has 1 heterocycles. The fourth-order valence-electron chi connectivity index (χ4n) is 2.95. The van der Waals surface area contributed by atoms with Gasteiger partial charge in [-0.3, -0.25) is 14.5 Å². The molecule has 1 fully saturated rings. The summed E-state index contributed by atoms with van der Waals surface area (Å²) >= 11 is 3.06. The van der Waals surface area contributed by atoms with Crippen molar-refractivity contribution in [2.45, 2.75) is 31.7 Å². The Bertz CT molecular complexity index is 931. The molecule has 158 valence electrons. The van der Waals surface area contributed by atoms with Gasteiger partial charge in [0, 0.05) is 29.3 Å². The molecule has 3 rings (SSSR count). The van der Waals surface area contributed by atoms with E-state index in [1.807, 2.05) is 62.4 Å². The van der Waals surface area contributed by atoms with Gasteiger partial charge in [-0.25, -0.2) is 4.99 Å². The van der Waals surface area contributed by atoms with Crippen LogP contribution < -0.4 is 10.1 Å². The van der Waals surface area contributed by atoms with E-state index in [4.69, 9.17) is 9.73 Å². The molecular weight excluding hydrogens is 418 g/mol. The summed E-state index contributed by atoms with van der Waals surface area (Å²) in [6.45, 7) is 6.01. The summed E-state index contributed by atoms with van der Waals surface area (Å²) in [6, 6.07) is 15.2. The standard InChI is InChI=1S/C22H25N3O3S2/c1-4-28-20-8-6-5-7-19(20)24-22-25(15(2)13-30-22)21(27)14-29-18-11-9-17(10-12-18)23-16(3)26/h5-12,15H,4,13-14H2,1-3H3,(H,23,26). The number of para-hydroxylation sites is 2. The predicted molar refractivity (Wildman–Crippen MR) is 125 cm³/mol. The lowest BCUT2D eigenvalue weighted by Crippen LogP contribution is -2.38. The van der Waals surface area contributed by atoms with Crippen LogP contribution in [0.3, 0.4) is 0 Å². The second-order valence-electron chi connectivity index (χ2n) is 6.71. The first-order valence-corrected chi connectivity index (χ1v) is 11.7. The zero-order chi connectivity index (χ0) is 21.5. The quantitative estimate of drug-likeness (QED) is 0.623. The number of carbonyl (C=O) groups excluding carboxylic acids is 2. The van der Waals surface area contributed by atoms with Crippen molar-refractivity contribution < 1.29 is 14.3 Å². The van der Waals surface area contributed by atoms with Gasteiger partial charge in [0.15, 0.2) is 5.17 Å². The van der Waals surface area contributed by atoms with E-state index >= 15 is 0 Å². The minimum absolute atomic E-state index is 0.0241. The van der Waals surface area contributed by atoms with Crippen molar-refractivity contribution in [3.63, 3.8) is 0 Å². The Morgan fingerprint density at radius 3 is 2.67 bits per heavy atom. The summed E-state index contributed by atoms with van der Waals surface area (Å²) in [7, 11) is 0. The van der Waals surface area contributed by atoms with Gasteiger partial charge in [0.05, 0.1) is 12.4 Å². The van der Waals surface area contributed by atoms with E-state index in [2.05, 4.69) is 5.32 Å². The van der Waals surface area contributed by atoms with Gasteiger partial charge in [-0.15, -0.1) is 11.8 Å². The number of hydrogen-bond donors (Lipinski definition) is 1. The molecule has 0 aliphatic carbocycles. The minimum atomic E-state index is -0.108. The van der Waals surface area contributed by atoms with E-state index in [0.29, 0.717) is 23.3 Å². The smallest absolute Gasteiger partial charge is 0.239 e. The first kappa shape index (κ1) is 22.2. The highest BCUT2D eigenvalue weighted by atomic mass is 32.2. The van der Waals surface area contributed by atoms with Crippen molar-refractivity contribution in [1.29, 1.82) is 0 Å². The average molecular weight is 444 g/mol. The van der Waals surface area contributed by atoms with E-state index in [-0.39, 0.29) is 17.9 Å². The van der Waals surface area contributed by atoms with Crippen LogP contribution in [-0.2, 0) is 9.59 Å². The number of amides is 2. The number of anilines is 1. The van der Waals surface area contributed by atoms with E-state index in [9.17, 15) is 9.59 Å². The second-order valence-corrected chi connectivity index (χ2v) is 8.75. The van der Waals surface area contributed by atoms with Gasteiger partial charge in [-0.05, 0) is 50.2 Å². The number of hydrogen-bond acceptors (Lipinski definition) is 6. The van der Waals surface area contributed by atoms with Crippen molar-refractivity contribution in [2.75, 3.05) is 23.4 Å². The van der Waals surface area contributed by atoms with Gasteiger partial charge in [0.25, 0.3) is 0 Å². The maximum absolute atomic E-state index is 13.0. The minimum Gasteiger partial charge on any atom is -0.492 e. The van der Waals surface area contributed by atoms with Gasteiger partial charge in [0.2, 0.25) is 11.8 Å². The summed E-state index contributed by atoms with van der Waals surface area (Å²) in [6.07, 6.45) is 0. The van der Waals surface area contributed by atoms with Gasteiger partial charge in [0.1, 0.15) is 11.4 Å². The van der Waals surface area contributed by atoms with Crippen LogP contribution in [0.1, 0.15) is 20.8 Å². The van der Waals surface area contributed by atoms with E-state index in [1.165, 1.54) is 18.7 Å². The molecule has 0 radical (unpaired) electrons. The lowest BCUT2D eigenvalue weighted by atomic mass is 10.3. The molecule has 0 spiro atoms. The first-order valence-electron chi connectivity index (χ1n) is 9.73. The summed E-state index contributed by atoms with van der Waals surface area (Å²) in [5.74, 6) is 1.77. The summed E-state index contributed by atoms with van der Waals surface area (Å²) < 4.78 is 5.66. The van der Waals surface area contributed by atoms with Crippen LogP contribution in [0.5, 0.6) is 5.75 Å². The number of ether oxygens (including phenoxy) is 1. The Morgan fingerprint density at radius 2 is 1.97 bits per heavy atom. The molecule has 30 heavy (non-hydrogen) atoms. The van der Waals surface area contributed by atoms with Crippen LogP contribution in [0.2, 0.25) is 0 Å². The summed E-state index contributed by atoms with van der Waals surface area (Å²) in [5, 5.41) is 3.45. The number of aliphatic imine (C=N–C) groups is 1. The molecule has 1 saturated heterocycles. The van der Waals surface area contributed by atoms with Crippen LogP contribution in [0, 0.1) is 0 Å². The number of nitrogens with one attached hydrogen (secondary N) is 1. The average Bonchev–Trinajstić information content (AvgIpc) is 3.08. The maximum atomic E-state index is 13.0. The van der Waals surface area contributed by atoms with Crippen molar-refractivity contribution in [3.05, 3.63) is 48.5 Å². The highest BCUT2D eigenvalue weighted by Gasteiger charge is 2.32. The van der Waals surface area contributed by atoms with Crippen LogP contribution in [0.15, 0.2) is 58.4 Å². The Labute approximate surface area is 185 Å². The molecule has 1 atom stereocenters. The molecule has 2 amide bonds. The van der Waals surface area contributed by atoms with Gasteiger partial charge in [-0.2, -0.15) is 0 Å². The van der Waals surface area contributed by atoms with Crippen molar-refractivity contribution in [3.8, 4) is 5.75 Å². The van der Waals surface area contributed by atoms with E-state index < -0.39 is 0 Å². The van der Waals surface area contributed by atoms with Gasteiger partial charge in [-0.1, -0.05) is 23.9 Å². The normalized spacial score (nSPS) is 17.2. The zero-order valence-electron chi connectivity index (χ0n) is 17.3. The number of rotatable bonds is 7. The fraction of sp³-hybridized carbons (Fsp3) is 0.318. The molecule has 0 aromatic heterocycles. The number of thioether (sulfide) groups is 2. The largest absolute Gasteiger partial charge is 0.492 e. The molecule has 1 aliphatic heterocycles. The molecule has 2 aromatic carbocycles. The monoisotopic (exact) mass is 443 g/mol. The molecule has 1 unspecified atom stereocenters. The molecule has 1 N–H and O–H groups in total.